The van der Waals surface area contributed by atoms with Crippen molar-refractivity contribution >= 4 is 28.3 Å². The van der Waals surface area contributed by atoms with Crippen molar-refractivity contribution in [1.82, 2.24) is 4.98 Å². The molecule has 0 radical (unpaired) electrons. The molecule has 0 aliphatic carbocycles. The van der Waals surface area contributed by atoms with Gasteiger partial charge in [0.05, 0.1) is 36.0 Å². The van der Waals surface area contributed by atoms with Gasteiger partial charge in [-0.15, -0.1) is 0 Å². The molecule has 1 aromatic carbocycles. The van der Waals surface area contributed by atoms with E-state index in [1.807, 2.05) is 0 Å². The average molecular weight is 359 g/mol. The SMILES string of the molecule is CON=C1CN(c2ccc3c(=O)c(C(=O)O)c[nH]c3c2OC)CC1(C)C. The molecule has 0 atom stereocenters. The first-order chi connectivity index (χ1) is 12.3. The van der Waals surface area contributed by atoms with Gasteiger partial charge in [0.1, 0.15) is 12.7 Å². The molecule has 2 aromatic rings. The third-order valence-corrected chi connectivity index (χ3v) is 4.67. The lowest BCUT2D eigenvalue weighted by Crippen LogP contribution is -2.24. The Morgan fingerprint density at radius 3 is 2.69 bits per heavy atom. The molecule has 8 nitrogen and oxygen atoms in total. The summed E-state index contributed by atoms with van der Waals surface area (Å²) in [7, 11) is 3.04. The van der Waals surface area contributed by atoms with E-state index in [4.69, 9.17) is 14.7 Å². The van der Waals surface area contributed by atoms with Crippen molar-refractivity contribution in [3.8, 4) is 5.75 Å². The highest BCUT2D eigenvalue weighted by Crippen LogP contribution is 2.39. The second-order valence-electron chi connectivity index (χ2n) is 6.84. The summed E-state index contributed by atoms with van der Waals surface area (Å²) in [5.74, 6) is -0.774. The van der Waals surface area contributed by atoms with Gasteiger partial charge in [-0.3, -0.25) is 4.79 Å². The standard InChI is InChI=1S/C18H21N3O5/c1-18(2)9-21(8-13(18)20-26-4)12-6-5-10-14(16(12)25-3)19-7-11(15(10)22)17(23)24/h5-7H,8-9H2,1-4H3,(H,19,22)(H,23,24). The number of carbonyl (C=O) groups is 1. The Kier molecular flexibility index (Phi) is 4.35. The van der Waals surface area contributed by atoms with Crippen molar-refractivity contribution in [2.75, 3.05) is 32.2 Å². The summed E-state index contributed by atoms with van der Waals surface area (Å²) in [6.07, 6.45) is 1.20. The maximum Gasteiger partial charge on any atom is 0.341 e. The monoisotopic (exact) mass is 359 g/mol. The van der Waals surface area contributed by atoms with Crippen LogP contribution in [0.5, 0.6) is 5.75 Å². The molecule has 2 N–H and O–H groups in total. The van der Waals surface area contributed by atoms with Crippen molar-refractivity contribution in [1.29, 1.82) is 0 Å². The highest BCUT2D eigenvalue weighted by Gasteiger charge is 2.38. The number of ether oxygens (including phenoxy) is 1. The number of carboxylic acid groups (broad SMARTS) is 1. The summed E-state index contributed by atoms with van der Waals surface area (Å²) >= 11 is 0. The van der Waals surface area contributed by atoms with E-state index in [0.717, 1.165) is 11.4 Å². The number of pyridine rings is 1. The van der Waals surface area contributed by atoms with Crippen molar-refractivity contribution in [3.05, 3.63) is 34.1 Å². The molecule has 1 aliphatic heterocycles. The van der Waals surface area contributed by atoms with Crippen LogP contribution < -0.4 is 15.1 Å². The number of aromatic carboxylic acids is 1. The van der Waals surface area contributed by atoms with E-state index in [1.54, 1.807) is 12.1 Å². The summed E-state index contributed by atoms with van der Waals surface area (Å²) in [6, 6.07) is 3.39. The van der Waals surface area contributed by atoms with E-state index in [0.29, 0.717) is 24.4 Å². The zero-order valence-electron chi connectivity index (χ0n) is 15.1. The molecule has 1 aromatic heterocycles. The molecule has 26 heavy (non-hydrogen) atoms. The van der Waals surface area contributed by atoms with Gasteiger partial charge >= 0.3 is 5.97 Å². The molecule has 1 saturated heterocycles. The van der Waals surface area contributed by atoms with Crippen LogP contribution in [0.1, 0.15) is 24.2 Å². The molecule has 0 spiro atoms. The van der Waals surface area contributed by atoms with Crippen LogP contribution in [0.2, 0.25) is 0 Å². The van der Waals surface area contributed by atoms with E-state index < -0.39 is 11.4 Å². The highest BCUT2D eigenvalue weighted by atomic mass is 16.6. The number of oxime groups is 1. The minimum Gasteiger partial charge on any atom is -0.492 e. The van der Waals surface area contributed by atoms with E-state index in [2.05, 4.69) is 28.9 Å². The Morgan fingerprint density at radius 2 is 2.08 bits per heavy atom. The number of nitrogens with zero attached hydrogens (tertiary/aromatic N) is 2. The number of aromatic amines is 1. The second kappa shape index (κ2) is 6.36. The molecular weight excluding hydrogens is 338 g/mol. The Labute approximate surface area is 150 Å². The van der Waals surface area contributed by atoms with Crippen LogP contribution in [-0.2, 0) is 4.84 Å². The van der Waals surface area contributed by atoms with E-state index in [9.17, 15) is 9.59 Å². The van der Waals surface area contributed by atoms with Crippen LogP contribution in [0.15, 0.2) is 28.3 Å². The number of aromatic nitrogens is 1. The lowest BCUT2D eigenvalue weighted by molar-refractivity contribution is 0.0695. The minimum absolute atomic E-state index is 0.170. The first-order valence-electron chi connectivity index (χ1n) is 8.11. The van der Waals surface area contributed by atoms with Gasteiger partial charge in [0.25, 0.3) is 0 Å². The Balaban J connectivity index is 2.14. The van der Waals surface area contributed by atoms with Gasteiger partial charge < -0.3 is 24.6 Å². The number of anilines is 1. The molecule has 0 unspecified atom stereocenters. The van der Waals surface area contributed by atoms with Crippen molar-refractivity contribution in [2.24, 2.45) is 10.6 Å². The summed E-state index contributed by atoms with van der Waals surface area (Å²) in [6.45, 7) is 5.44. The summed E-state index contributed by atoms with van der Waals surface area (Å²) in [4.78, 5) is 33.5. The van der Waals surface area contributed by atoms with Gasteiger partial charge in [0.15, 0.2) is 5.75 Å². The van der Waals surface area contributed by atoms with Crippen molar-refractivity contribution in [3.63, 3.8) is 0 Å². The fourth-order valence-corrected chi connectivity index (χ4v) is 3.33. The molecule has 1 fully saturated rings. The zero-order valence-corrected chi connectivity index (χ0v) is 15.1. The molecule has 0 amide bonds. The Morgan fingerprint density at radius 1 is 1.35 bits per heavy atom. The second-order valence-corrected chi connectivity index (χ2v) is 6.84. The number of fused-ring (bicyclic) bond motifs is 1. The quantitative estimate of drug-likeness (QED) is 0.810. The van der Waals surface area contributed by atoms with Gasteiger partial charge in [-0.05, 0) is 12.1 Å². The van der Waals surface area contributed by atoms with Gasteiger partial charge in [-0.1, -0.05) is 19.0 Å². The summed E-state index contributed by atoms with van der Waals surface area (Å²) in [5.41, 5.74) is 1.17. The number of rotatable bonds is 4. The first kappa shape index (κ1) is 17.8. The van der Waals surface area contributed by atoms with Crippen LogP contribution in [0.3, 0.4) is 0 Å². The minimum atomic E-state index is -1.27. The number of hydrogen-bond acceptors (Lipinski definition) is 6. The van der Waals surface area contributed by atoms with Crippen molar-refractivity contribution in [2.45, 2.75) is 13.8 Å². The van der Waals surface area contributed by atoms with Crippen LogP contribution in [-0.4, -0.2) is 49.1 Å². The molecule has 3 rings (SSSR count). The Hall–Kier alpha value is -3.03. The molecule has 1 aliphatic rings. The number of H-pyrrole nitrogens is 1. The molecule has 0 bridgehead atoms. The lowest BCUT2D eigenvalue weighted by Gasteiger charge is -2.23. The van der Waals surface area contributed by atoms with Crippen LogP contribution in [0.25, 0.3) is 10.9 Å². The van der Waals surface area contributed by atoms with Crippen LogP contribution in [0.4, 0.5) is 5.69 Å². The number of benzene rings is 1. The van der Waals surface area contributed by atoms with Crippen LogP contribution in [0, 0.1) is 5.41 Å². The molecular formula is C18H21N3O5. The van der Waals surface area contributed by atoms with Gasteiger partial charge in [0, 0.05) is 18.2 Å². The molecule has 2 heterocycles. The average Bonchev–Trinajstić information content (AvgIpc) is 2.88. The summed E-state index contributed by atoms with van der Waals surface area (Å²) < 4.78 is 5.56. The van der Waals surface area contributed by atoms with E-state index >= 15 is 0 Å². The first-order valence-corrected chi connectivity index (χ1v) is 8.11. The highest BCUT2D eigenvalue weighted by molar-refractivity contribution is 6.00. The maximum atomic E-state index is 12.4. The largest absolute Gasteiger partial charge is 0.492 e. The zero-order chi connectivity index (χ0) is 19.1. The Bertz CT molecular complexity index is 961. The van der Waals surface area contributed by atoms with Gasteiger partial charge in [0.2, 0.25) is 5.43 Å². The smallest absolute Gasteiger partial charge is 0.341 e. The molecule has 8 heteroatoms. The number of hydrogen-bond donors (Lipinski definition) is 2. The third-order valence-electron chi connectivity index (χ3n) is 4.67. The normalized spacial score (nSPS) is 17.7. The van der Waals surface area contributed by atoms with Crippen LogP contribution >= 0.6 is 0 Å². The number of carboxylic acids is 1. The van der Waals surface area contributed by atoms with Gasteiger partial charge in [-0.2, -0.15) is 0 Å². The van der Waals surface area contributed by atoms with Gasteiger partial charge in [-0.25, -0.2) is 4.79 Å². The predicted octanol–water partition coefficient (Wildman–Crippen LogP) is 2.08. The molecule has 0 saturated carbocycles. The predicted molar refractivity (Wildman–Crippen MR) is 98.5 cm³/mol. The lowest BCUT2D eigenvalue weighted by atomic mass is 9.91. The maximum absolute atomic E-state index is 12.4. The summed E-state index contributed by atoms with van der Waals surface area (Å²) in [5, 5.41) is 13.5. The topological polar surface area (TPSA) is 104 Å². The van der Waals surface area contributed by atoms with E-state index in [1.165, 1.54) is 20.4 Å². The number of methoxy groups -OCH3 is 1. The third kappa shape index (κ3) is 2.77. The molecule has 138 valence electrons. The fraction of sp³-hybridized carbons (Fsp3) is 0.389. The van der Waals surface area contributed by atoms with E-state index in [-0.39, 0.29) is 16.4 Å². The fourth-order valence-electron chi connectivity index (χ4n) is 3.33. The number of nitrogens with one attached hydrogen (secondary N) is 1. The van der Waals surface area contributed by atoms with Crippen molar-refractivity contribution < 1.29 is 19.5 Å².